The predicted octanol–water partition coefficient (Wildman–Crippen LogP) is -0.0528. The Kier molecular flexibility index (Phi) is 3.03. The molecule has 1 saturated heterocycles. The Morgan fingerprint density at radius 1 is 1.54 bits per heavy atom. The first kappa shape index (κ1) is 10.2. The first-order valence-electron chi connectivity index (χ1n) is 4.47. The molecular formula is C9H15NO3. The van der Waals surface area contributed by atoms with Crippen molar-refractivity contribution in [1.82, 2.24) is 4.90 Å². The molecule has 0 spiro atoms. The number of ketones is 1. The van der Waals surface area contributed by atoms with Crippen LogP contribution in [0.3, 0.4) is 0 Å². The predicted molar refractivity (Wildman–Crippen MR) is 47.1 cm³/mol. The van der Waals surface area contributed by atoms with E-state index in [1.165, 1.54) is 6.92 Å². The fourth-order valence-corrected chi connectivity index (χ4v) is 1.66. The SMILES string of the molecule is CC(=O)CC(=O)N1CC(O)CC1C. The zero-order valence-corrected chi connectivity index (χ0v) is 7.99. The van der Waals surface area contributed by atoms with Crippen LogP contribution in [0.1, 0.15) is 26.7 Å². The van der Waals surface area contributed by atoms with Crippen molar-refractivity contribution < 1.29 is 14.7 Å². The summed E-state index contributed by atoms with van der Waals surface area (Å²) in [5, 5.41) is 9.27. The van der Waals surface area contributed by atoms with Crippen molar-refractivity contribution in [2.45, 2.75) is 38.8 Å². The number of likely N-dealkylation sites (tertiary alicyclic amines) is 1. The molecular weight excluding hydrogens is 170 g/mol. The van der Waals surface area contributed by atoms with Crippen LogP contribution in [0.15, 0.2) is 0 Å². The summed E-state index contributed by atoms with van der Waals surface area (Å²) in [6, 6.07) is 0.0573. The molecule has 1 aliphatic heterocycles. The molecule has 1 aliphatic rings. The van der Waals surface area contributed by atoms with Crippen molar-refractivity contribution in [1.29, 1.82) is 0 Å². The van der Waals surface area contributed by atoms with Gasteiger partial charge < -0.3 is 10.0 Å². The normalized spacial score (nSPS) is 27.8. The Morgan fingerprint density at radius 2 is 2.15 bits per heavy atom. The largest absolute Gasteiger partial charge is 0.391 e. The van der Waals surface area contributed by atoms with E-state index >= 15 is 0 Å². The summed E-state index contributed by atoms with van der Waals surface area (Å²) in [5.74, 6) is -0.296. The summed E-state index contributed by atoms with van der Waals surface area (Å²) in [5.41, 5.74) is 0. The number of aliphatic hydroxyl groups is 1. The molecule has 4 heteroatoms. The van der Waals surface area contributed by atoms with E-state index in [1.54, 1.807) is 4.90 Å². The van der Waals surface area contributed by atoms with Crippen LogP contribution in [0.25, 0.3) is 0 Å². The Labute approximate surface area is 77.5 Å². The first-order chi connectivity index (χ1) is 6.00. The summed E-state index contributed by atoms with van der Waals surface area (Å²) >= 11 is 0. The smallest absolute Gasteiger partial charge is 0.230 e. The van der Waals surface area contributed by atoms with Crippen LogP contribution in [0.4, 0.5) is 0 Å². The highest BCUT2D eigenvalue weighted by molar-refractivity contribution is 5.97. The van der Waals surface area contributed by atoms with E-state index in [2.05, 4.69) is 0 Å². The highest BCUT2D eigenvalue weighted by atomic mass is 16.3. The van der Waals surface area contributed by atoms with Gasteiger partial charge in [0.25, 0.3) is 0 Å². The van der Waals surface area contributed by atoms with Crippen molar-refractivity contribution in [3.63, 3.8) is 0 Å². The van der Waals surface area contributed by atoms with Crippen LogP contribution >= 0.6 is 0 Å². The highest BCUT2D eigenvalue weighted by Crippen LogP contribution is 2.17. The average Bonchev–Trinajstić information content (AvgIpc) is 2.28. The molecule has 1 heterocycles. The van der Waals surface area contributed by atoms with Crippen molar-refractivity contribution >= 4 is 11.7 Å². The van der Waals surface area contributed by atoms with Gasteiger partial charge in [0.05, 0.1) is 12.5 Å². The number of aliphatic hydroxyl groups excluding tert-OH is 1. The lowest BCUT2D eigenvalue weighted by atomic mass is 10.2. The van der Waals surface area contributed by atoms with E-state index in [-0.39, 0.29) is 24.2 Å². The van der Waals surface area contributed by atoms with Gasteiger partial charge in [0.15, 0.2) is 0 Å². The van der Waals surface area contributed by atoms with Gasteiger partial charge in [0.1, 0.15) is 5.78 Å². The van der Waals surface area contributed by atoms with Gasteiger partial charge in [0.2, 0.25) is 5.91 Å². The lowest BCUT2D eigenvalue weighted by Gasteiger charge is -2.20. The van der Waals surface area contributed by atoms with Crippen molar-refractivity contribution in [2.24, 2.45) is 0 Å². The first-order valence-corrected chi connectivity index (χ1v) is 4.47. The minimum Gasteiger partial charge on any atom is -0.391 e. The topological polar surface area (TPSA) is 57.6 Å². The highest BCUT2D eigenvalue weighted by Gasteiger charge is 2.31. The molecule has 1 N–H and O–H groups in total. The van der Waals surface area contributed by atoms with E-state index in [9.17, 15) is 14.7 Å². The number of β-amino-alcohol motifs (C(OH)–C–C–N with tert-alkyl or cyclic N) is 1. The van der Waals surface area contributed by atoms with Gasteiger partial charge in [-0.05, 0) is 20.3 Å². The Balaban J connectivity index is 2.52. The number of hydrogen-bond donors (Lipinski definition) is 1. The molecule has 0 aromatic heterocycles. The number of hydrogen-bond acceptors (Lipinski definition) is 3. The van der Waals surface area contributed by atoms with E-state index in [4.69, 9.17) is 0 Å². The fourth-order valence-electron chi connectivity index (χ4n) is 1.66. The molecule has 1 amide bonds. The molecule has 0 aromatic rings. The number of rotatable bonds is 2. The van der Waals surface area contributed by atoms with E-state index < -0.39 is 6.10 Å². The second-order valence-electron chi connectivity index (χ2n) is 3.66. The minimum absolute atomic E-state index is 0.0446. The van der Waals surface area contributed by atoms with E-state index in [0.29, 0.717) is 13.0 Å². The third-order valence-electron chi connectivity index (χ3n) is 2.27. The maximum Gasteiger partial charge on any atom is 0.230 e. The Bertz CT molecular complexity index is 227. The fraction of sp³-hybridized carbons (Fsp3) is 0.778. The second-order valence-corrected chi connectivity index (χ2v) is 3.66. The molecule has 1 rings (SSSR count). The van der Waals surface area contributed by atoms with Crippen LogP contribution in [-0.4, -0.2) is 40.4 Å². The molecule has 0 saturated carbocycles. The average molecular weight is 185 g/mol. The molecule has 0 radical (unpaired) electrons. The summed E-state index contributed by atoms with van der Waals surface area (Å²) < 4.78 is 0. The monoisotopic (exact) mass is 185 g/mol. The van der Waals surface area contributed by atoms with E-state index in [0.717, 1.165) is 0 Å². The maximum absolute atomic E-state index is 11.4. The number of amides is 1. The van der Waals surface area contributed by atoms with Gasteiger partial charge in [-0.3, -0.25) is 9.59 Å². The van der Waals surface area contributed by atoms with Gasteiger partial charge in [-0.1, -0.05) is 0 Å². The standard InChI is InChI=1S/C9H15NO3/c1-6-3-8(12)5-10(6)9(13)4-7(2)11/h6,8,12H,3-5H2,1-2H3. The molecule has 4 nitrogen and oxygen atoms in total. The molecule has 2 unspecified atom stereocenters. The van der Waals surface area contributed by atoms with Crippen LogP contribution in [0.5, 0.6) is 0 Å². The molecule has 0 aliphatic carbocycles. The lowest BCUT2D eigenvalue weighted by Crippen LogP contribution is -2.35. The van der Waals surface area contributed by atoms with Gasteiger partial charge in [-0.2, -0.15) is 0 Å². The zero-order valence-electron chi connectivity index (χ0n) is 7.99. The molecule has 2 atom stereocenters. The van der Waals surface area contributed by atoms with Crippen LogP contribution in [0.2, 0.25) is 0 Å². The molecule has 13 heavy (non-hydrogen) atoms. The molecule has 0 aromatic carbocycles. The number of carbonyl (C=O) groups is 2. The Hall–Kier alpha value is -0.900. The van der Waals surface area contributed by atoms with Crippen molar-refractivity contribution in [3.05, 3.63) is 0 Å². The summed E-state index contributed by atoms with van der Waals surface area (Å²) in [4.78, 5) is 23.7. The van der Waals surface area contributed by atoms with Gasteiger partial charge in [0, 0.05) is 12.6 Å². The quantitative estimate of drug-likeness (QED) is 0.613. The van der Waals surface area contributed by atoms with Crippen molar-refractivity contribution in [3.8, 4) is 0 Å². The number of nitrogens with zero attached hydrogens (tertiary/aromatic N) is 1. The number of Topliss-reactive ketones (excluding diaryl/α,β-unsaturated/α-hetero) is 1. The summed E-state index contributed by atoms with van der Waals surface area (Å²) in [6.45, 7) is 3.65. The second kappa shape index (κ2) is 3.87. The third kappa shape index (κ3) is 2.52. The maximum atomic E-state index is 11.4. The summed E-state index contributed by atoms with van der Waals surface area (Å²) in [7, 11) is 0. The van der Waals surface area contributed by atoms with Gasteiger partial charge >= 0.3 is 0 Å². The molecule has 0 bridgehead atoms. The Morgan fingerprint density at radius 3 is 2.54 bits per heavy atom. The lowest BCUT2D eigenvalue weighted by molar-refractivity contribution is -0.135. The van der Waals surface area contributed by atoms with Gasteiger partial charge in [-0.25, -0.2) is 0 Å². The minimum atomic E-state index is -0.425. The van der Waals surface area contributed by atoms with Crippen LogP contribution in [0, 0.1) is 0 Å². The summed E-state index contributed by atoms with van der Waals surface area (Å²) in [6.07, 6.45) is 0.145. The van der Waals surface area contributed by atoms with Crippen molar-refractivity contribution in [2.75, 3.05) is 6.54 Å². The van der Waals surface area contributed by atoms with E-state index in [1.807, 2.05) is 6.92 Å². The molecule has 74 valence electrons. The van der Waals surface area contributed by atoms with Crippen LogP contribution in [-0.2, 0) is 9.59 Å². The van der Waals surface area contributed by atoms with Crippen LogP contribution < -0.4 is 0 Å². The number of carbonyl (C=O) groups excluding carboxylic acids is 2. The third-order valence-corrected chi connectivity index (χ3v) is 2.27. The zero-order chi connectivity index (χ0) is 10.0. The van der Waals surface area contributed by atoms with Gasteiger partial charge in [-0.15, -0.1) is 0 Å². The molecule has 1 fully saturated rings.